The molecule has 3 rings (SSSR count). The number of aryl methyl sites for hydroxylation is 1. The van der Waals surface area contributed by atoms with Gasteiger partial charge in [0.15, 0.2) is 0 Å². The lowest BCUT2D eigenvalue weighted by Crippen LogP contribution is -2.13. The minimum Gasteiger partial charge on any atom is -0.489 e. The van der Waals surface area contributed by atoms with Gasteiger partial charge in [0.25, 0.3) is 5.91 Å². The molecular weight excluding hydrogens is 410 g/mol. The zero-order chi connectivity index (χ0) is 22.2. The van der Waals surface area contributed by atoms with E-state index in [0.29, 0.717) is 27.6 Å². The van der Waals surface area contributed by atoms with E-state index in [9.17, 15) is 10.1 Å². The fourth-order valence-corrected chi connectivity index (χ4v) is 2.94. The predicted molar refractivity (Wildman–Crippen MR) is 120 cm³/mol. The summed E-state index contributed by atoms with van der Waals surface area (Å²) in [5.41, 5.74) is 3.43. The maximum absolute atomic E-state index is 12.4. The first-order valence-electron chi connectivity index (χ1n) is 9.40. The van der Waals surface area contributed by atoms with Crippen LogP contribution in [-0.2, 0) is 11.4 Å². The van der Waals surface area contributed by atoms with Gasteiger partial charge in [-0.15, -0.1) is 0 Å². The summed E-state index contributed by atoms with van der Waals surface area (Å²) < 4.78 is 5.74. The van der Waals surface area contributed by atoms with Crippen molar-refractivity contribution in [2.75, 3.05) is 5.32 Å². The molecule has 0 radical (unpaired) electrons. The fourth-order valence-electron chi connectivity index (χ4n) is 2.76. The average Bonchev–Trinajstić information content (AvgIpc) is 2.79. The second-order valence-electron chi connectivity index (χ2n) is 6.71. The summed E-state index contributed by atoms with van der Waals surface area (Å²) >= 11 is 6.08. The molecule has 0 heterocycles. The molecule has 152 valence electrons. The largest absolute Gasteiger partial charge is 0.489 e. The van der Waals surface area contributed by atoms with Gasteiger partial charge in [0.05, 0.1) is 11.6 Å². The molecule has 31 heavy (non-hydrogen) atoms. The first kappa shape index (κ1) is 21.6. The van der Waals surface area contributed by atoms with Crippen LogP contribution in [0.3, 0.4) is 0 Å². The maximum Gasteiger partial charge on any atom is 0.266 e. The van der Waals surface area contributed by atoms with E-state index in [-0.39, 0.29) is 12.2 Å². The number of ether oxygens (including phenoxy) is 1. The topological polar surface area (TPSA) is 85.9 Å². The Kier molecular flexibility index (Phi) is 7.06. The molecule has 5 nitrogen and oxygen atoms in total. The molecule has 0 spiro atoms. The normalized spacial score (nSPS) is 10.6. The van der Waals surface area contributed by atoms with E-state index in [1.165, 1.54) is 6.08 Å². The maximum atomic E-state index is 12.4. The summed E-state index contributed by atoms with van der Waals surface area (Å²) in [6.07, 6.45) is 1.50. The van der Waals surface area contributed by atoms with Crippen LogP contribution in [0, 0.1) is 29.6 Å². The first-order chi connectivity index (χ1) is 15.0. The van der Waals surface area contributed by atoms with Crippen LogP contribution in [0.25, 0.3) is 6.08 Å². The van der Waals surface area contributed by atoms with Crippen molar-refractivity contribution in [1.29, 1.82) is 10.5 Å². The molecule has 1 amide bonds. The highest BCUT2D eigenvalue weighted by atomic mass is 35.5. The molecule has 3 aromatic carbocycles. The second-order valence-corrected chi connectivity index (χ2v) is 7.12. The minimum absolute atomic E-state index is 0.0340. The molecule has 0 saturated heterocycles. The van der Waals surface area contributed by atoms with Gasteiger partial charge < -0.3 is 10.1 Å². The van der Waals surface area contributed by atoms with Crippen molar-refractivity contribution in [3.63, 3.8) is 0 Å². The van der Waals surface area contributed by atoms with Crippen LogP contribution in [0.2, 0.25) is 5.02 Å². The smallest absolute Gasteiger partial charge is 0.266 e. The van der Waals surface area contributed by atoms with E-state index in [0.717, 1.165) is 11.1 Å². The average molecular weight is 428 g/mol. The zero-order valence-corrected chi connectivity index (χ0v) is 17.5. The number of nitrogens with zero attached hydrogens (tertiary/aromatic N) is 2. The number of amides is 1. The van der Waals surface area contributed by atoms with Gasteiger partial charge in [0.1, 0.15) is 24.0 Å². The number of hydrogen-bond donors (Lipinski definition) is 1. The van der Waals surface area contributed by atoms with Gasteiger partial charge in [-0.25, -0.2) is 0 Å². The van der Waals surface area contributed by atoms with E-state index in [1.54, 1.807) is 54.6 Å². The van der Waals surface area contributed by atoms with Gasteiger partial charge in [-0.3, -0.25) is 4.79 Å². The Morgan fingerprint density at radius 1 is 1.10 bits per heavy atom. The molecule has 0 saturated carbocycles. The van der Waals surface area contributed by atoms with Crippen LogP contribution in [0.1, 0.15) is 22.3 Å². The van der Waals surface area contributed by atoms with Crippen molar-refractivity contribution in [3.05, 3.63) is 99.6 Å². The van der Waals surface area contributed by atoms with Crippen molar-refractivity contribution in [3.8, 4) is 17.9 Å². The molecular formula is C25H18ClN3O2. The summed E-state index contributed by atoms with van der Waals surface area (Å²) in [4.78, 5) is 12.4. The van der Waals surface area contributed by atoms with E-state index in [1.807, 2.05) is 25.1 Å². The second kappa shape index (κ2) is 10.1. The number of hydrogen-bond acceptors (Lipinski definition) is 4. The molecule has 0 aliphatic carbocycles. The summed E-state index contributed by atoms with van der Waals surface area (Å²) in [5, 5.41) is 21.7. The quantitative estimate of drug-likeness (QED) is 0.407. The molecule has 0 aliphatic rings. The van der Waals surface area contributed by atoms with Gasteiger partial charge in [-0.1, -0.05) is 48.0 Å². The molecule has 0 aromatic heterocycles. The first-order valence-corrected chi connectivity index (χ1v) is 9.78. The van der Waals surface area contributed by atoms with Crippen molar-refractivity contribution in [1.82, 2.24) is 0 Å². The van der Waals surface area contributed by atoms with E-state index >= 15 is 0 Å². The van der Waals surface area contributed by atoms with Gasteiger partial charge in [-0.05, 0) is 54.5 Å². The number of anilines is 1. The van der Waals surface area contributed by atoms with Gasteiger partial charge in [0.2, 0.25) is 0 Å². The van der Waals surface area contributed by atoms with E-state index < -0.39 is 5.91 Å². The van der Waals surface area contributed by atoms with Crippen LogP contribution in [-0.4, -0.2) is 5.91 Å². The van der Waals surface area contributed by atoms with Crippen molar-refractivity contribution < 1.29 is 9.53 Å². The lowest BCUT2D eigenvalue weighted by Gasteiger charge is -2.08. The van der Waals surface area contributed by atoms with Crippen LogP contribution in [0.5, 0.6) is 5.75 Å². The third-order valence-electron chi connectivity index (χ3n) is 4.52. The summed E-state index contributed by atoms with van der Waals surface area (Å²) in [6, 6.07) is 23.5. The molecule has 1 N–H and O–H groups in total. The lowest BCUT2D eigenvalue weighted by atomic mass is 10.1. The Hall–Kier alpha value is -4.06. The number of halogens is 1. The Labute approximate surface area is 185 Å². The Balaban J connectivity index is 1.67. The number of carbonyl (C=O) groups excluding carboxylic acids is 1. The van der Waals surface area contributed by atoms with E-state index in [4.69, 9.17) is 21.6 Å². The van der Waals surface area contributed by atoms with Gasteiger partial charge >= 0.3 is 0 Å². The molecule has 0 atom stereocenters. The summed E-state index contributed by atoms with van der Waals surface area (Å²) in [6.45, 7) is 2.13. The van der Waals surface area contributed by atoms with Crippen LogP contribution in [0.15, 0.2) is 72.3 Å². The van der Waals surface area contributed by atoms with E-state index in [2.05, 4.69) is 11.4 Å². The van der Waals surface area contributed by atoms with Gasteiger partial charge in [-0.2, -0.15) is 10.5 Å². The molecule has 0 bridgehead atoms. The standard InChI is InChI=1S/C25H18ClN3O2/c1-17-6-9-22(13-24(17)26)29-25(30)21(15-28)12-18-7-10-23(11-8-18)31-16-20-5-3-2-4-19(20)14-27/h2-13H,16H2,1H3,(H,29,30)/b21-12+. The summed E-state index contributed by atoms with van der Waals surface area (Å²) in [5.74, 6) is 0.0954. The fraction of sp³-hybridized carbons (Fsp3) is 0.0800. The highest BCUT2D eigenvalue weighted by molar-refractivity contribution is 6.31. The SMILES string of the molecule is Cc1ccc(NC(=O)/C(C#N)=C/c2ccc(OCc3ccccc3C#N)cc2)cc1Cl. The van der Waals surface area contributed by atoms with Crippen LogP contribution in [0.4, 0.5) is 5.69 Å². The zero-order valence-electron chi connectivity index (χ0n) is 16.7. The predicted octanol–water partition coefficient (Wildman–Crippen LogP) is 5.64. The Morgan fingerprint density at radius 3 is 2.52 bits per heavy atom. The molecule has 6 heteroatoms. The Morgan fingerprint density at radius 2 is 1.84 bits per heavy atom. The van der Waals surface area contributed by atoms with Crippen LogP contribution >= 0.6 is 11.6 Å². The summed E-state index contributed by atoms with van der Waals surface area (Å²) in [7, 11) is 0. The minimum atomic E-state index is -0.518. The Bertz CT molecular complexity index is 1220. The van der Waals surface area contributed by atoms with Gasteiger partial charge in [0, 0.05) is 16.3 Å². The molecule has 0 fully saturated rings. The number of benzene rings is 3. The molecule has 0 aliphatic heterocycles. The monoisotopic (exact) mass is 427 g/mol. The number of rotatable bonds is 6. The number of carbonyl (C=O) groups is 1. The van der Waals surface area contributed by atoms with Crippen molar-refractivity contribution in [2.24, 2.45) is 0 Å². The third kappa shape index (κ3) is 5.73. The molecule has 3 aromatic rings. The van der Waals surface area contributed by atoms with Crippen molar-refractivity contribution in [2.45, 2.75) is 13.5 Å². The number of nitriles is 2. The number of nitrogens with one attached hydrogen (secondary N) is 1. The molecule has 0 unspecified atom stereocenters. The highest BCUT2D eigenvalue weighted by Gasteiger charge is 2.10. The third-order valence-corrected chi connectivity index (χ3v) is 4.93. The van der Waals surface area contributed by atoms with Crippen molar-refractivity contribution >= 4 is 29.3 Å². The van der Waals surface area contributed by atoms with Crippen LogP contribution < -0.4 is 10.1 Å². The highest BCUT2D eigenvalue weighted by Crippen LogP contribution is 2.21. The lowest BCUT2D eigenvalue weighted by molar-refractivity contribution is -0.112.